The molecule has 1 atom stereocenters. The van der Waals surface area contributed by atoms with Crippen molar-refractivity contribution in [3.8, 4) is 0 Å². The standard InChI is InChI=1S/C9H15N5O3/c1-6(2)3-7(9(16)17)11-8(15)4-14-5-10-12-13-14/h5-7H,3-4H2,1-2H3,(H,11,15)(H,16,17)/t7-/m1/s1. The third kappa shape index (κ3) is 4.58. The van der Waals surface area contributed by atoms with Crippen LogP contribution in [0.5, 0.6) is 0 Å². The number of carboxylic acid groups (broad SMARTS) is 1. The van der Waals surface area contributed by atoms with Gasteiger partial charge < -0.3 is 10.4 Å². The summed E-state index contributed by atoms with van der Waals surface area (Å²) in [6.45, 7) is 3.70. The second kappa shape index (κ2) is 5.92. The molecular formula is C9H15N5O3. The van der Waals surface area contributed by atoms with E-state index in [1.807, 2.05) is 13.8 Å². The number of carbonyl (C=O) groups excluding carboxylic acids is 1. The van der Waals surface area contributed by atoms with E-state index in [4.69, 9.17) is 5.11 Å². The number of carboxylic acids is 1. The molecule has 0 spiro atoms. The summed E-state index contributed by atoms with van der Waals surface area (Å²) in [4.78, 5) is 22.4. The molecule has 0 fully saturated rings. The molecule has 17 heavy (non-hydrogen) atoms. The Labute approximate surface area is 98.0 Å². The molecule has 8 heteroatoms. The number of hydrogen-bond acceptors (Lipinski definition) is 5. The number of nitrogens with zero attached hydrogens (tertiary/aromatic N) is 4. The Bertz CT molecular complexity index is 376. The van der Waals surface area contributed by atoms with Crippen LogP contribution in [0.15, 0.2) is 6.33 Å². The number of rotatable bonds is 6. The lowest BCUT2D eigenvalue weighted by Gasteiger charge is -2.16. The minimum atomic E-state index is -1.04. The molecule has 0 bridgehead atoms. The zero-order valence-electron chi connectivity index (χ0n) is 9.70. The molecule has 8 nitrogen and oxygen atoms in total. The van der Waals surface area contributed by atoms with Crippen LogP contribution in [0.2, 0.25) is 0 Å². The fourth-order valence-electron chi connectivity index (χ4n) is 1.33. The number of nitrogens with one attached hydrogen (secondary N) is 1. The summed E-state index contributed by atoms with van der Waals surface area (Å²) in [7, 11) is 0. The molecule has 1 heterocycles. The zero-order valence-corrected chi connectivity index (χ0v) is 9.70. The predicted molar refractivity (Wildman–Crippen MR) is 56.8 cm³/mol. The van der Waals surface area contributed by atoms with Crippen molar-refractivity contribution in [2.24, 2.45) is 5.92 Å². The lowest BCUT2D eigenvalue weighted by atomic mass is 10.0. The molecular weight excluding hydrogens is 226 g/mol. The van der Waals surface area contributed by atoms with Crippen molar-refractivity contribution in [1.82, 2.24) is 25.5 Å². The number of amides is 1. The molecule has 0 unspecified atom stereocenters. The van der Waals surface area contributed by atoms with Crippen LogP contribution in [0.1, 0.15) is 20.3 Å². The Balaban J connectivity index is 2.49. The average molecular weight is 241 g/mol. The van der Waals surface area contributed by atoms with Crippen LogP contribution in [0, 0.1) is 5.92 Å². The molecule has 0 saturated heterocycles. The van der Waals surface area contributed by atoms with Gasteiger partial charge in [-0.1, -0.05) is 13.8 Å². The maximum absolute atomic E-state index is 11.5. The van der Waals surface area contributed by atoms with Gasteiger partial charge in [-0.05, 0) is 22.8 Å². The fourth-order valence-corrected chi connectivity index (χ4v) is 1.33. The van der Waals surface area contributed by atoms with Gasteiger partial charge in [0.25, 0.3) is 0 Å². The van der Waals surface area contributed by atoms with Crippen molar-refractivity contribution in [3.63, 3.8) is 0 Å². The molecule has 0 radical (unpaired) electrons. The molecule has 1 amide bonds. The van der Waals surface area contributed by atoms with Crippen LogP contribution in [0.3, 0.4) is 0 Å². The second-order valence-corrected chi connectivity index (χ2v) is 4.10. The van der Waals surface area contributed by atoms with Crippen molar-refractivity contribution in [2.45, 2.75) is 32.9 Å². The SMILES string of the molecule is CC(C)C[C@@H](NC(=O)Cn1cnnn1)C(=O)O. The van der Waals surface area contributed by atoms with E-state index < -0.39 is 17.9 Å². The molecule has 0 aliphatic heterocycles. The first kappa shape index (κ1) is 13.1. The number of aromatic nitrogens is 4. The Kier molecular flexibility index (Phi) is 4.56. The van der Waals surface area contributed by atoms with Crippen molar-refractivity contribution in [3.05, 3.63) is 6.33 Å². The van der Waals surface area contributed by atoms with Gasteiger partial charge in [-0.25, -0.2) is 9.48 Å². The van der Waals surface area contributed by atoms with Crippen LogP contribution in [-0.4, -0.2) is 43.2 Å². The normalized spacial score (nSPS) is 12.4. The number of carbonyl (C=O) groups is 2. The predicted octanol–water partition coefficient (Wildman–Crippen LogP) is -0.711. The van der Waals surface area contributed by atoms with Crippen molar-refractivity contribution < 1.29 is 14.7 Å². The highest BCUT2D eigenvalue weighted by Gasteiger charge is 2.21. The Morgan fingerprint density at radius 1 is 1.47 bits per heavy atom. The average Bonchev–Trinajstić information content (AvgIpc) is 2.68. The molecule has 0 saturated carbocycles. The van der Waals surface area contributed by atoms with Gasteiger partial charge >= 0.3 is 5.97 Å². The molecule has 1 aromatic heterocycles. The summed E-state index contributed by atoms with van der Waals surface area (Å²) >= 11 is 0. The third-order valence-corrected chi connectivity index (χ3v) is 2.04. The lowest BCUT2D eigenvalue weighted by Crippen LogP contribution is -2.43. The fraction of sp³-hybridized carbons (Fsp3) is 0.667. The number of aliphatic carboxylic acids is 1. The second-order valence-electron chi connectivity index (χ2n) is 4.10. The summed E-state index contributed by atoms with van der Waals surface area (Å²) in [5.41, 5.74) is 0. The third-order valence-electron chi connectivity index (χ3n) is 2.04. The monoisotopic (exact) mass is 241 g/mol. The quantitative estimate of drug-likeness (QED) is 0.680. The van der Waals surface area contributed by atoms with E-state index in [0.717, 1.165) is 0 Å². The first-order valence-electron chi connectivity index (χ1n) is 5.22. The first-order valence-corrected chi connectivity index (χ1v) is 5.22. The van der Waals surface area contributed by atoms with Gasteiger partial charge in [-0.2, -0.15) is 0 Å². The zero-order chi connectivity index (χ0) is 12.8. The molecule has 1 aromatic rings. The Morgan fingerprint density at radius 3 is 2.65 bits per heavy atom. The minimum Gasteiger partial charge on any atom is -0.480 e. The first-order chi connectivity index (χ1) is 7.99. The van der Waals surface area contributed by atoms with Gasteiger partial charge in [0.15, 0.2) is 0 Å². The smallest absolute Gasteiger partial charge is 0.326 e. The van der Waals surface area contributed by atoms with Crippen molar-refractivity contribution in [1.29, 1.82) is 0 Å². The van der Waals surface area contributed by atoms with E-state index >= 15 is 0 Å². The van der Waals surface area contributed by atoms with E-state index in [2.05, 4.69) is 20.8 Å². The summed E-state index contributed by atoms with van der Waals surface area (Å²) in [5, 5.41) is 21.6. The molecule has 0 aliphatic rings. The van der Waals surface area contributed by atoms with E-state index in [1.165, 1.54) is 11.0 Å². The topological polar surface area (TPSA) is 110 Å². The van der Waals surface area contributed by atoms with Crippen LogP contribution < -0.4 is 5.32 Å². The van der Waals surface area contributed by atoms with Crippen LogP contribution >= 0.6 is 0 Å². The van der Waals surface area contributed by atoms with Crippen LogP contribution in [-0.2, 0) is 16.1 Å². The van der Waals surface area contributed by atoms with Gasteiger partial charge in [-0.3, -0.25) is 4.79 Å². The highest BCUT2D eigenvalue weighted by Crippen LogP contribution is 2.04. The maximum Gasteiger partial charge on any atom is 0.326 e. The van der Waals surface area contributed by atoms with Gasteiger partial charge in [-0.15, -0.1) is 5.10 Å². The van der Waals surface area contributed by atoms with Gasteiger partial charge in [0, 0.05) is 0 Å². The van der Waals surface area contributed by atoms with Gasteiger partial charge in [0.2, 0.25) is 5.91 Å². The summed E-state index contributed by atoms with van der Waals surface area (Å²) in [6, 6.07) is -0.876. The minimum absolute atomic E-state index is 0.0884. The van der Waals surface area contributed by atoms with E-state index in [0.29, 0.717) is 6.42 Å². The largest absolute Gasteiger partial charge is 0.480 e. The maximum atomic E-state index is 11.5. The number of hydrogen-bond donors (Lipinski definition) is 2. The van der Waals surface area contributed by atoms with E-state index in [-0.39, 0.29) is 12.5 Å². The van der Waals surface area contributed by atoms with E-state index in [1.54, 1.807) is 0 Å². The van der Waals surface area contributed by atoms with Crippen LogP contribution in [0.25, 0.3) is 0 Å². The molecule has 2 N–H and O–H groups in total. The van der Waals surface area contributed by atoms with Gasteiger partial charge in [0.1, 0.15) is 18.9 Å². The van der Waals surface area contributed by atoms with Crippen LogP contribution in [0.4, 0.5) is 0 Å². The highest BCUT2D eigenvalue weighted by molar-refractivity contribution is 5.83. The lowest BCUT2D eigenvalue weighted by molar-refractivity contribution is -0.142. The summed E-state index contributed by atoms with van der Waals surface area (Å²) in [6.07, 6.45) is 1.68. The summed E-state index contributed by atoms with van der Waals surface area (Å²) in [5.74, 6) is -1.28. The molecule has 0 aliphatic carbocycles. The molecule has 1 rings (SSSR count). The highest BCUT2D eigenvalue weighted by atomic mass is 16.4. The molecule has 94 valence electrons. The number of tetrazole rings is 1. The van der Waals surface area contributed by atoms with Gasteiger partial charge in [0.05, 0.1) is 0 Å². The Hall–Kier alpha value is -1.99. The molecule has 0 aromatic carbocycles. The van der Waals surface area contributed by atoms with E-state index in [9.17, 15) is 9.59 Å². The van der Waals surface area contributed by atoms with Crippen molar-refractivity contribution in [2.75, 3.05) is 0 Å². The van der Waals surface area contributed by atoms with Crippen molar-refractivity contribution >= 4 is 11.9 Å². The summed E-state index contributed by atoms with van der Waals surface area (Å²) < 4.78 is 1.23. The Morgan fingerprint density at radius 2 is 2.18 bits per heavy atom.